The van der Waals surface area contributed by atoms with Gasteiger partial charge in [-0.05, 0) is 13.8 Å². The minimum Gasteiger partial charge on any atom is -0.493 e. The Morgan fingerprint density at radius 1 is 0.867 bits per heavy atom. The van der Waals surface area contributed by atoms with E-state index in [1.54, 1.807) is 27.9 Å². The number of aryl methyl sites for hydroxylation is 4. The fourth-order valence-electron chi connectivity index (χ4n) is 4.09. The molecule has 0 aromatic carbocycles. The van der Waals surface area contributed by atoms with Crippen LogP contribution >= 0.6 is 0 Å². The minimum absolute atomic E-state index is 0.00537. The molecule has 0 radical (unpaired) electrons. The maximum Gasteiger partial charge on any atom is 0.343 e. The number of esters is 1. The second-order valence-corrected chi connectivity index (χ2v) is 9.33. The molecule has 5 heterocycles. The van der Waals surface area contributed by atoms with Crippen molar-refractivity contribution in [2.45, 2.75) is 13.8 Å². The van der Waals surface area contributed by atoms with E-state index in [2.05, 4.69) is 50.8 Å². The van der Waals surface area contributed by atoms with Gasteiger partial charge in [0.1, 0.15) is 12.2 Å². The molecule has 0 aliphatic carbocycles. The van der Waals surface area contributed by atoms with Gasteiger partial charge < -0.3 is 26.4 Å². The van der Waals surface area contributed by atoms with Crippen LogP contribution in [-0.4, -0.2) is 84.8 Å². The number of aromatic nitrogens is 10. The number of methoxy groups -OCH3 is 1. The van der Waals surface area contributed by atoms with E-state index in [-0.39, 0.29) is 57.5 Å². The lowest BCUT2D eigenvalue weighted by Crippen LogP contribution is -2.11. The van der Waals surface area contributed by atoms with Crippen molar-refractivity contribution in [2.75, 3.05) is 25.2 Å². The largest absolute Gasteiger partial charge is 0.493 e. The molecule has 0 bridgehead atoms. The molecule has 5 aromatic rings. The zero-order chi connectivity index (χ0) is 32.6. The van der Waals surface area contributed by atoms with Crippen LogP contribution in [0.15, 0.2) is 38.9 Å². The maximum atomic E-state index is 12.1. The molecule has 0 aliphatic rings. The first-order valence-electron chi connectivity index (χ1n) is 12.8. The predicted octanol–water partition coefficient (Wildman–Crippen LogP) is 1.59. The number of hydrogen-bond donors (Lipinski definition) is 4. The molecule has 21 heteroatoms. The predicted molar refractivity (Wildman–Crippen MR) is 154 cm³/mol. The third-order valence-electron chi connectivity index (χ3n) is 6.37. The fourth-order valence-corrected chi connectivity index (χ4v) is 4.09. The van der Waals surface area contributed by atoms with Crippen molar-refractivity contribution in [2.24, 2.45) is 34.6 Å². The van der Waals surface area contributed by atoms with E-state index in [0.717, 1.165) is 4.68 Å². The summed E-state index contributed by atoms with van der Waals surface area (Å²) in [6.45, 7) is 2.51. The van der Waals surface area contributed by atoms with E-state index in [1.165, 1.54) is 39.6 Å². The summed E-state index contributed by atoms with van der Waals surface area (Å²) in [6, 6.07) is 1.20. The van der Waals surface area contributed by atoms with E-state index in [0.29, 0.717) is 11.4 Å². The number of rotatable bonds is 9. The number of ether oxygens (including phenoxy) is 1. The first-order chi connectivity index (χ1) is 21.4. The molecule has 0 unspecified atom stereocenters. The molecular formula is C24H26N16O5. The third-order valence-corrected chi connectivity index (χ3v) is 6.37. The first kappa shape index (κ1) is 30.1. The Morgan fingerprint density at radius 3 is 1.98 bits per heavy atom. The number of aromatic hydroxyl groups is 1. The summed E-state index contributed by atoms with van der Waals surface area (Å²) in [7, 11) is 4.36. The lowest BCUT2D eigenvalue weighted by atomic mass is 10.2. The lowest BCUT2D eigenvalue weighted by molar-refractivity contribution is 0.0601. The van der Waals surface area contributed by atoms with Gasteiger partial charge in [-0.2, -0.15) is 39.7 Å². The Hall–Kier alpha value is -6.38. The van der Waals surface area contributed by atoms with Crippen molar-refractivity contribution < 1.29 is 24.5 Å². The molecule has 0 saturated carbocycles. The molecule has 0 amide bonds. The van der Waals surface area contributed by atoms with Crippen LogP contribution in [0.3, 0.4) is 0 Å². The Kier molecular flexibility index (Phi) is 7.83. The SMILES string of the molecule is COC(=O)c1cnn(C)c1/N=N/c1c(C)nn(-c2nc(O)cc(-n3nc(C)c(/N=N/c4c(C(=O)CO)cnn4C)c3N)n2)c1N. The summed E-state index contributed by atoms with van der Waals surface area (Å²) in [5, 5.41) is 52.9. The Labute approximate surface area is 252 Å². The zero-order valence-electron chi connectivity index (χ0n) is 24.5. The molecule has 5 aromatic heterocycles. The van der Waals surface area contributed by atoms with Gasteiger partial charge in [-0.3, -0.25) is 4.79 Å². The number of hydrogen-bond acceptors (Lipinski definition) is 17. The number of Topliss-reactive ketones (excluding diaryl/α,β-unsaturated/α-hetero) is 1. The Bertz CT molecular complexity index is 1870. The summed E-state index contributed by atoms with van der Waals surface area (Å²) >= 11 is 0. The van der Waals surface area contributed by atoms with E-state index < -0.39 is 24.2 Å². The fraction of sp³-hybridized carbons (Fsp3) is 0.250. The molecule has 232 valence electrons. The average Bonchev–Trinajstić information content (AvgIpc) is 3.73. The van der Waals surface area contributed by atoms with Crippen LogP contribution in [0, 0.1) is 13.8 Å². The third kappa shape index (κ3) is 5.45. The number of ketones is 1. The summed E-state index contributed by atoms with van der Waals surface area (Å²) in [4.78, 5) is 32.5. The van der Waals surface area contributed by atoms with Crippen LogP contribution in [0.1, 0.15) is 32.1 Å². The molecule has 45 heavy (non-hydrogen) atoms. The van der Waals surface area contributed by atoms with Gasteiger partial charge in [-0.15, -0.1) is 20.5 Å². The van der Waals surface area contributed by atoms with Gasteiger partial charge in [-0.1, -0.05) is 0 Å². The number of nitrogens with zero attached hydrogens (tertiary/aromatic N) is 14. The number of anilines is 2. The average molecular weight is 619 g/mol. The normalized spacial score (nSPS) is 11.7. The monoisotopic (exact) mass is 618 g/mol. The molecular weight excluding hydrogens is 592 g/mol. The molecule has 0 atom stereocenters. The van der Waals surface area contributed by atoms with Gasteiger partial charge in [0.2, 0.25) is 5.88 Å². The highest BCUT2D eigenvalue weighted by atomic mass is 16.5. The summed E-state index contributed by atoms with van der Waals surface area (Å²) in [5.41, 5.74) is 13.8. The standard InChI is InChI=1S/C24H26N16O5/c1-10-17(31-33-21-12(14(42)9-41)7-27-37(21)3)19(25)39(35-10)15-6-16(43)30-24(29-15)40-20(26)18(11(2)36-40)32-34-22-13(23(44)45-5)8-28-38(22)4/h6-8,41H,9,25-26H2,1-5H3,(H,29,30,43)/b33-31+,34-32+. The first-order valence-corrected chi connectivity index (χ1v) is 12.8. The van der Waals surface area contributed by atoms with Crippen LogP contribution in [-0.2, 0) is 18.8 Å². The molecule has 0 fully saturated rings. The number of aliphatic hydroxyl groups is 1. The van der Waals surface area contributed by atoms with E-state index >= 15 is 0 Å². The van der Waals surface area contributed by atoms with Crippen molar-refractivity contribution in [3.8, 4) is 17.6 Å². The molecule has 0 aliphatic heterocycles. The van der Waals surface area contributed by atoms with Crippen LogP contribution in [0.5, 0.6) is 5.88 Å². The van der Waals surface area contributed by atoms with Crippen LogP contribution in [0.4, 0.5) is 34.6 Å². The van der Waals surface area contributed by atoms with Crippen LogP contribution in [0.2, 0.25) is 0 Å². The number of carbonyl (C=O) groups excluding carboxylic acids is 2. The van der Waals surface area contributed by atoms with Gasteiger partial charge in [0.25, 0.3) is 5.95 Å². The summed E-state index contributed by atoms with van der Waals surface area (Å²) < 4.78 is 9.74. The number of nitrogens with two attached hydrogens (primary N) is 2. The van der Waals surface area contributed by atoms with Gasteiger partial charge in [0, 0.05) is 20.2 Å². The Balaban J connectivity index is 1.50. The topological polar surface area (TPSA) is 282 Å². The molecule has 0 saturated heterocycles. The minimum atomic E-state index is -0.724. The Morgan fingerprint density at radius 2 is 1.40 bits per heavy atom. The van der Waals surface area contributed by atoms with Gasteiger partial charge in [-0.25, -0.2) is 14.2 Å². The summed E-state index contributed by atoms with van der Waals surface area (Å²) in [6.07, 6.45) is 2.57. The highest BCUT2D eigenvalue weighted by Crippen LogP contribution is 2.33. The van der Waals surface area contributed by atoms with Gasteiger partial charge in [0.15, 0.2) is 46.2 Å². The van der Waals surface area contributed by atoms with Crippen LogP contribution < -0.4 is 11.5 Å². The highest BCUT2D eigenvalue weighted by molar-refractivity contribution is 6.00. The van der Waals surface area contributed by atoms with E-state index in [4.69, 9.17) is 16.2 Å². The second-order valence-electron chi connectivity index (χ2n) is 9.33. The lowest BCUT2D eigenvalue weighted by Gasteiger charge is -2.07. The quantitative estimate of drug-likeness (QED) is 0.104. The molecule has 6 N–H and O–H groups in total. The van der Waals surface area contributed by atoms with Crippen molar-refractivity contribution in [1.29, 1.82) is 0 Å². The van der Waals surface area contributed by atoms with Crippen molar-refractivity contribution in [1.82, 2.24) is 49.1 Å². The number of carbonyl (C=O) groups is 2. The van der Waals surface area contributed by atoms with E-state index in [9.17, 15) is 19.8 Å². The van der Waals surface area contributed by atoms with E-state index in [1.807, 2.05) is 0 Å². The molecule has 21 nitrogen and oxygen atoms in total. The highest BCUT2D eigenvalue weighted by Gasteiger charge is 2.22. The molecule has 5 rings (SSSR count). The van der Waals surface area contributed by atoms with Crippen LogP contribution in [0.25, 0.3) is 11.8 Å². The van der Waals surface area contributed by atoms with Gasteiger partial charge >= 0.3 is 5.97 Å². The smallest absolute Gasteiger partial charge is 0.343 e. The van der Waals surface area contributed by atoms with Crippen molar-refractivity contribution in [3.05, 3.63) is 41.0 Å². The van der Waals surface area contributed by atoms with Crippen molar-refractivity contribution >= 4 is 46.4 Å². The summed E-state index contributed by atoms with van der Waals surface area (Å²) in [5.74, 6) is -1.61. The van der Waals surface area contributed by atoms with Crippen molar-refractivity contribution in [3.63, 3.8) is 0 Å². The number of azo groups is 2. The number of aliphatic hydroxyl groups excluding tert-OH is 1. The maximum absolute atomic E-state index is 12.1. The van der Waals surface area contributed by atoms with Gasteiger partial charge in [0.05, 0.1) is 36.5 Å². The second kappa shape index (κ2) is 11.7. The molecule has 0 spiro atoms. The number of nitrogen functional groups attached to an aromatic ring is 2. The zero-order valence-corrected chi connectivity index (χ0v) is 24.5.